The minimum absolute atomic E-state index is 0.102. The molecular weight excluding hydrogens is 238 g/mol. The lowest BCUT2D eigenvalue weighted by Gasteiger charge is -2.18. The van der Waals surface area contributed by atoms with Crippen molar-refractivity contribution in [1.29, 1.82) is 0 Å². The Morgan fingerprint density at radius 3 is 2.47 bits per heavy atom. The summed E-state index contributed by atoms with van der Waals surface area (Å²) in [6.07, 6.45) is 3.89. The molecule has 104 valence electrons. The number of carbonyl (C=O) groups is 1. The maximum Gasteiger partial charge on any atom is 0.307 e. The molecule has 19 heavy (non-hydrogen) atoms. The van der Waals surface area contributed by atoms with Crippen molar-refractivity contribution >= 4 is 5.97 Å². The van der Waals surface area contributed by atoms with Crippen molar-refractivity contribution in [3.63, 3.8) is 0 Å². The molecule has 0 amide bonds. The maximum absolute atomic E-state index is 10.6. The van der Waals surface area contributed by atoms with Crippen LogP contribution in [0.3, 0.4) is 0 Å². The molecule has 1 unspecified atom stereocenters. The van der Waals surface area contributed by atoms with Gasteiger partial charge in [0.15, 0.2) is 0 Å². The molecule has 0 bridgehead atoms. The molecule has 2 N–H and O–H groups in total. The van der Waals surface area contributed by atoms with E-state index in [9.17, 15) is 4.79 Å². The molecule has 1 aromatic rings. The van der Waals surface area contributed by atoms with E-state index in [2.05, 4.69) is 19.2 Å². The van der Waals surface area contributed by atoms with E-state index in [1.807, 2.05) is 24.3 Å². The smallest absolute Gasteiger partial charge is 0.307 e. The van der Waals surface area contributed by atoms with Gasteiger partial charge in [-0.1, -0.05) is 38.1 Å². The lowest BCUT2D eigenvalue weighted by Crippen LogP contribution is -2.26. The molecule has 1 aromatic carbocycles. The van der Waals surface area contributed by atoms with Crippen LogP contribution in [0.1, 0.15) is 44.2 Å². The van der Waals surface area contributed by atoms with Crippen LogP contribution in [0.5, 0.6) is 0 Å². The predicted molar refractivity (Wildman–Crippen MR) is 76.0 cm³/mol. The molecule has 0 saturated heterocycles. The molecule has 0 radical (unpaired) electrons. The van der Waals surface area contributed by atoms with Crippen molar-refractivity contribution in [2.24, 2.45) is 5.41 Å². The molecule has 0 heterocycles. The zero-order chi connectivity index (χ0) is 13.9. The lowest BCUT2D eigenvalue weighted by atomic mass is 9.92. The van der Waals surface area contributed by atoms with E-state index in [1.165, 1.54) is 24.8 Å². The molecule has 0 aromatic heterocycles. The minimum Gasteiger partial charge on any atom is -0.481 e. The fraction of sp³-hybridized carbons (Fsp3) is 0.562. The first-order chi connectivity index (χ1) is 8.94. The van der Waals surface area contributed by atoms with Crippen molar-refractivity contribution in [3.05, 3.63) is 35.4 Å². The second-order valence-electron chi connectivity index (χ2n) is 6.37. The van der Waals surface area contributed by atoms with Gasteiger partial charge in [0.1, 0.15) is 0 Å². The number of hydrogen-bond donors (Lipinski definition) is 2. The zero-order valence-electron chi connectivity index (χ0n) is 11.8. The average molecular weight is 261 g/mol. The van der Waals surface area contributed by atoms with E-state index < -0.39 is 5.97 Å². The Balaban J connectivity index is 1.82. The standard InChI is InChI=1S/C16H23NO2/c1-16(2)8-7-14(10-16)17-11-13-5-3-12(4-6-13)9-15(18)19/h3-6,14,17H,7-11H2,1-2H3,(H,18,19). The van der Waals surface area contributed by atoms with Crippen LogP contribution in [0.4, 0.5) is 0 Å². The molecule has 0 spiro atoms. The molecule has 1 aliphatic rings. The summed E-state index contributed by atoms with van der Waals surface area (Å²) in [5, 5.41) is 12.3. The van der Waals surface area contributed by atoms with Crippen molar-refractivity contribution < 1.29 is 9.90 Å². The van der Waals surface area contributed by atoms with Gasteiger partial charge >= 0.3 is 5.97 Å². The average Bonchev–Trinajstić information content (AvgIpc) is 2.67. The van der Waals surface area contributed by atoms with Crippen LogP contribution < -0.4 is 5.32 Å². The number of hydrogen-bond acceptors (Lipinski definition) is 2. The summed E-state index contributed by atoms with van der Waals surface area (Å²) in [4.78, 5) is 10.6. The predicted octanol–water partition coefficient (Wildman–Crippen LogP) is 2.98. The van der Waals surface area contributed by atoms with Gasteiger partial charge < -0.3 is 10.4 Å². The number of rotatable bonds is 5. The van der Waals surface area contributed by atoms with Crippen LogP contribution in [-0.2, 0) is 17.8 Å². The fourth-order valence-corrected chi connectivity index (χ4v) is 2.82. The van der Waals surface area contributed by atoms with Crippen molar-refractivity contribution in [1.82, 2.24) is 5.32 Å². The summed E-state index contributed by atoms with van der Waals surface area (Å²) >= 11 is 0. The van der Waals surface area contributed by atoms with Crippen molar-refractivity contribution in [2.75, 3.05) is 0 Å². The SMILES string of the molecule is CC1(C)CCC(NCc2ccc(CC(=O)O)cc2)C1. The molecule has 3 nitrogen and oxygen atoms in total. The first kappa shape index (κ1) is 14.1. The third-order valence-electron chi connectivity index (χ3n) is 3.94. The second kappa shape index (κ2) is 5.74. The molecule has 1 atom stereocenters. The number of benzene rings is 1. The highest BCUT2D eigenvalue weighted by Crippen LogP contribution is 2.36. The number of carboxylic acid groups (broad SMARTS) is 1. The number of carboxylic acids is 1. The van der Waals surface area contributed by atoms with E-state index in [1.54, 1.807) is 0 Å². The zero-order valence-corrected chi connectivity index (χ0v) is 11.8. The van der Waals surface area contributed by atoms with E-state index in [0.29, 0.717) is 11.5 Å². The Morgan fingerprint density at radius 1 is 1.32 bits per heavy atom. The Kier molecular flexibility index (Phi) is 4.25. The van der Waals surface area contributed by atoms with E-state index in [0.717, 1.165) is 12.1 Å². The summed E-state index contributed by atoms with van der Waals surface area (Å²) in [6, 6.07) is 8.47. The lowest BCUT2D eigenvalue weighted by molar-refractivity contribution is -0.136. The Hall–Kier alpha value is -1.35. The third kappa shape index (κ3) is 4.35. The van der Waals surface area contributed by atoms with Gasteiger partial charge in [-0.2, -0.15) is 0 Å². The number of nitrogens with one attached hydrogen (secondary N) is 1. The van der Waals surface area contributed by atoms with Gasteiger partial charge in [0.2, 0.25) is 0 Å². The van der Waals surface area contributed by atoms with Crippen LogP contribution in [-0.4, -0.2) is 17.1 Å². The summed E-state index contributed by atoms with van der Waals surface area (Å²) in [6.45, 7) is 5.53. The van der Waals surface area contributed by atoms with E-state index >= 15 is 0 Å². The second-order valence-corrected chi connectivity index (χ2v) is 6.37. The molecule has 1 fully saturated rings. The highest BCUT2D eigenvalue weighted by atomic mass is 16.4. The van der Waals surface area contributed by atoms with Gasteiger partial charge in [0, 0.05) is 12.6 Å². The normalized spacial score (nSPS) is 21.5. The van der Waals surface area contributed by atoms with Crippen LogP contribution in [0.25, 0.3) is 0 Å². The number of aliphatic carboxylic acids is 1. The molecule has 1 aliphatic carbocycles. The van der Waals surface area contributed by atoms with E-state index in [-0.39, 0.29) is 6.42 Å². The van der Waals surface area contributed by atoms with Gasteiger partial charge in [0.25, 0.3) is 0 Å². The molecule has 0 aliphatic heterocycles. The first-order valence-electron chi connectivity index (χ1n) is 6.98. The highest BCUT2D eigenvalue weighted by Gasteiger charge is 2.30. The van der Waals surface area contributed by atoms with Crippen molar-refractivity contribution in [3.8, 4) is 0 Å². The monoisotopic (exact) mass is 261 g/mol. The Bertz CT molecular complexity index is 437. The first-order valence-corrected chi connectivity index (χ1v) is 6.98. The Morgan fingerprint density at radius 2 is 1.95 bits per heavy atom. The van der Waals surface area contributed by atoms with Gasteiger partial charge in [-0.05, 0) is 35.8 Å². The third-order valence-corrected chi connectivity index (χ3v) is 3.94. The van der Waals surface area contributed by atoms with E-state index in [4.69, 9.17) is 5.11 Å². The van der Waals surface area contributed by atoms with Crippen LogP contribution >= 0.6 is 0 Å². The van der Waals surface area contributed by atoms with Gasteiger partial charge in [-0.15, -0.1) is 0 Å². The molecular formula is C16H23NO2. The minimum atomic E-state index is -0.779. The van der Waals surface area contributed by atoms with Crippen molar-refractivity contribution in [2.45, 2.75) is 52.1 Å². The van der Waals surface area contributed by atoms with Gasteiger partial charge in [-0.3, -0.25) is 4.79 Å². The molecule has 1 saturated carbocycles. The topological polar surface area (TPSA) is 49.3 Å². The summed E-state index contributed by atoms with van der Waals surface area (Å²) in [5.74, 6) is -0.779. The fourth-order valence-electron chi connectivity index (χ4n) is 2.82. The highest BCUT2D eigenvalue weighted by molar-refractivity contribution is 5.70. The molecule has 2 rings (SSSR count). The Labute approximate surface area is 115 Å². The van der Waals surface area contributed by atoms with Gasteiger partial charge in [-0.25, -0.2) is 0 Å². The quantitative estimate of drug-likeness (QED) is 0.856. The van der Waals surface area contributed by atoms with Crippen LogP contribution in [0, 0.1) is 5.41 Å². The molecule has 3 heteroatoms. The largest absolute Gasteiger partial charge is 0.481 e. The van der Waals surface area contributed by atoms with Gasteiger partial charge in [0.05, 0.1) is 6.42 Å². The maximum atomic E-state index is 10.6. The van der Waals surface area contributed by atoms with Crippen LogP contribution in [0.2, 0.25) is 0 Å². The van der Waals surface area contributed by atoms with Crippen LogP contribution in [0.15, 0.2) is 24.3 Å². The summed E-state index contributed by atoms with van der Waals surface area (Å²) < 4.78 is 0. The summed E-state index contributed by atoms with van der Waals surface area (Å²) in [5.41, 5.74) is 2.56. The summed E-state index contributed by atoms with van der Waals surface area (Å²) in [7, 11) is 0.